The Hall–Kier alpha value is -3.29. The van der Waals surface area contributed by atoms with Gasteiger partial charge in [-0.3, -0.25) is 14.6 Å². The molecule has 0 saturated heterocycles. The fraction of sp³-hybridized carbons (Fsp3) is 0.133. The summed E-state index contributed by atoms with van der Waals surface area (Å²) in [7, 11) is 0. The molecule has 116 valence electrons. The number of hydrogen-bond donors (Lipinski definition) is 2. The molecule has 3 aromatic heterocycles. The molecule has 8 nitrogen and oxygen atoms in total. The van der Waals surface area contributed by atoms with Crippen LogP contribution in [-0.2, 0) is 6.54 Å². The summed E-state index contributed by atoms with van der Waals surface area (Å²) in [4.78, 5) is 34.0. The minimum Gasteiger partial charge on any atom is -0.356 e. The Labute approximate surface area is 130 Å². The van der Waals surface area contributed by atoms with E-state index in [1.165, 1.54) is 19.2 Å². The highest BCUT2D eigenvalue weighted by Gasteiger charge is 2.13. The lowest BCUT2D eigenvalue weighted by Gasteiger charge is -1.99. The van der Waals surface area contributed by atoms with Crippen molar-refractivity contribution in [3.63, 3.8) is 0 Å². The van der Waals surface area contributed by atoms with E-state index >= 15 is 0 Å². The van der Waals surface area contributed by atoms with Crippen LogP contribution in [0.4, 0.5) is 0 Å². The molecule has 0 bridgehead atoms. The van der Waals surface area contributed by atoms with Gasteiger partial charge in [-0.2, -0.15) is 4.98 Å². The normalized spacial score (nSPS) is 10.5. The smallest absolute Gasteiger partial charge is 0.268 e. The van der Waals surface area contributed by atoms with Crippen molar-refractivity contribution in [1.29, 1.82) is 0 Å². The topological polar surface area (TPSA) is 114 Å². The summed E-state index contributed by atoms with van der Waals surface area (Å²) >= 11 is 0. The van der Waals surface area contributed by atoms with Gasteiger partial charge in [0.25, 0.3) is 5.91 Å². The first-order valence-electron chi connectivity index (χ1n) is 6.84. The van der Waals surface area contributed by atoms with E-state index < -0.39 is 0 Å². The van der Waals surface area contributed by atoms with Gasteiger partial charge in [-0.1, -0.05) is 5.16 Å². The second-order valence-electron chi connectivity index (χ2n) is 4.79. The molecule has 3 heterocycles. The molecule has 0 atom stereocenters. The predicted molar refractivity (Wildman–Crippen MR) is 79.5 cm³/mol. The lowest BCUT2D eigenvalue weighted by molar-refractivity contribution is 0.0941. The van der Waals surface area contributed by atoms with E-state index in [1.807, 2.05) is 0 Å². The van der Waals surface area contributed by atoms with Gasteiger partial charge in [-0.15, -0.1) is 0 Å². The molecule has 0 saturated carbocycles. The number of carbonyl (C=O) groups excluding carboxylic acids is 2. The fourth-order valence-electron chi connectivity index (χ4n) is 1.92. The van der Waals surface area contributed by atoms with Crippen molar-refractivity contribution in [2.75, 3.05) is 0 Å². The Morgan fingerprint density at radius 1 is 1.30 bits per heavy atom. The third-order valence-electron chi connectivity index (χ3n) is 3.14. The van der Waals surface area contributed by atoms with Crippen LogP contribution in [-0.4, -0.2) is 31.8 Å². The van der Waals surface area contributed by atoms with Gasteiger partial charge in [-0.25, -0.2) is 0 Å². The van der Waals surface area contributed by atoms with Crippen LogP contribution >= 0.6 is 0 Å². The number of nitrogens with one attached hydrogen (secondary N) is 2. The summed E-state index contributed by atoms with van der Waals surface area (Å²) in [5.41, 5.74) is 1.52. The van der Waals surface area contributed by atoms with Gasteiger partial charge >= 0.3 is 0 Å². The Balaban J connectivity index is 1.63. The standard InChI is InChI=1S/C15H13N5O3/c1-9(21)11-6-12(17-7-11)15(22)18-8-13-19-14(20-23-13)10-2-4-16-5-3-10/h2-7,17H,8H2,1H3,(H,18,22). The Morgan fingerprint density at radius 3 is 2.78 bits per heavy atom. The van der Waals surface area contributed by atoms with Crippen LogP contribution in [0, 0.1) is 0 Å². The second-order valence-corrected chi connectivity index (χ2v) is 4.79. The molecular formula is C15H13N5O3. The van der Waals surface area contributed by atoms with Crippen molar-refractivity contribution in [1.82, 2.24) is 25.4 Å². The lowest BCUT2D eigenvalue weighted by atomic mass is 10.2. The van der Waals surface area contributed by atoms with Crippen LogP contribution in [0.15, 0.2) is 41.3 Å². The van der Waals surface area contributed by atoms with Gasteiger partial charge in [0, 0.05) is 29.7 Å². The number of pyridine rings is 1. The molecule has 8 heteroatoms. The molecule has 0 aliphatic rings. The lowest BCUT2D eigenvalue weighted by Crippen LogP contribution is -2.23. The quantitative estimate of drug-likeness (QED) is 0.692. The summed E-state index contributed by atoms with van der Waals surface area (Å²) in [5.74, 6) is 0.235. The highest BCUT2D eigenvalue weighted by Crippen LogP contribution is 2.13. The van der Waals surface area contributed by atoms with Crippen molar-refractivity contribution in [2.24, 2.45) is 0 Å². The molecule has 3 rings (SSSR count). The maximum Gasteiger partial charge on any atom is 0.268 e. The van der Waals surface area contributed by atoms with Crippen molar-refractivity contribution in [2.45, 2.75) is 13.5 Å². The minimum atomic E-state index is -0.360. The second kappa shape index (κ2) is 6.22. The average molecular weight is 311 g/mol. The van der Waals surface area contributed by atoms with Gasteiger partial charge in [0.2, 0.25) is 11.7 Å². The highest BCUT2D eigenvalue weighted by atomic mass is 16.5. The van der Waals surface area contributed by atoms with Gasteiger partial charge in [-0.05, 0) is 25.1 Å². The zero-order valence-electron chi connectivity index (χ0n) is 12.2. The molecule has 1 amide bonds. The van der Waals surface area contributed by atoms with Crippen LogP contribution in [0.1, 0.15) is 33.7 Å². The average Bonchev–Trinajstić information content (AvgIpc) is 3.23. The largest absolute Gasteiger partial charge is 0.356 e. The first-order chi connectivity index (χ1) is 11.1. The van der Waals surface area contributed by atoms with Crippen molar-refractivity contribution in [3.8, 4) is 11.4 Å². The van der Waals surface area contributed by atoms with E-state index in [0.717, 1.165) is 5.56 Å². The molecule has 0 radical (unpaired) electrons. The van der Waals surface area contributed by atoms with E-state index in [-0.39, 0.29) is 24.1 Å². The maximum absolute atomic E-state index is 12.0. The summed E-state index contributed by atoms with van der Waals surface area (Å²) in [5, 5.41) is 6.49. The number of carbonyl (C=O) groups is 2. The Morgan fingerprint density at radius 2 is 2.09 bits per heavy atom. The first kappa shape index (κ1) is 14.6. The number of ketones is 1. The maximum atomic E-state index is 12.0. The summed E-state index contributed by atoms with van der Waals surface area (Å²) in [6.45, 7) is 1.52. The molecule has 0 unspecified atom stereocenters. The monoisotopic (exact) mass is 311 g/mol. The number of rotatable bonds is 5. The zero-order chi connectivity index (χ0) is 16.2. The molecular weight excluding hydrogens is 298 g/mol. The Bertz CT molecular complexity index is 838. The van der Waals surface area contributed by atoms with Crippen molar-refractivity contribution in [3.05, 3.63) is 53.9 Å². The number of Topliss-reactive ketones (excluding diaryl/α,β-unsaturated/α-hetero) is 1. The van der Waals surface area contributed by atoms with Gasteiger partial charge < -0.3 is 14.8 Å². The van der Waals surface area contributed by atoms with Crippen LogP contribution in [0.25, 0.3) is 11.4 Å². The number of aromatic nitrogens is 4. The molecule has 23 heavy (non-hydrogen) atoms. The summed E-state index contributed by atoms with van der Waals surface area (Å²) in [6.07, 6.45) is 4.75. The molecule has 3 aromatic rings. The van der Waals surface area contributed by atoms with Crippen molar-refractivity contribution < 1.29 is 14.1 Å². The minimum absolute atomic E-state index is 0.0886. The van der Waals surface area contributed by atoms with Crippen LogP contribution < -0.4 is 5.32 Å². The third-order valence-corrected chi connectivity index (χ3v) is 3.14. The van der Waals surface area contributed by atoms with Crippen LogP contribution in [0.3, 0.4) is 0 Å². The zero-order valence-corrected chi connectivity index (χ0v) is 12.2. The predicted octanol–water partition coefficient (Wildman–Crippen LogP) is 1.59. The van der Waals surface area contributed by atoms with Gasteiger partial charge in [0.15, 0.2) is 5.78 Å². The van der Waals surface area contributed by atoms with E-state index in [4.69, 9.17) is 4.52 Å². The molecule has 0 aromatic carbocycles. The van der Waals surface area contributed by atoms with Crippen molar-refractivity contribution >= 4 is 11.7 Å². The summed E-state index contributed by atoms with van der Waals surface area (Å²) in [6, 6.07) is 5.01. The van der Waals surface area contributed by atoms with E-state index in [1.54, 1.807) is 24.5 Å². The highest BCUT2D eigenvalue weighted by molar-refractivity contribution is 5.98. The number of amides is 1. The van der Waals surface area contributed by atoms with Gasteiger partial charge in [0.1, 0.15) is 5.69 Å². The third kappa shape index (κ3) is 3.31. The molecule has 0 aliphatic heterocycles. The SMILES string of the molecule is CC(=O)c1c[nH]c(C(=O)NCc2nc(-c3ccncc3)no2)c1. The summed E-state index contributed by atoms with van der Waals surface area (Å²) < 4.78 is 5.09. The first-order valence-corrected chi connectivity index (χ1v) is 6.84. The number of hydrogen-bond acceptors (Lipinski definition) is 6. The van der Waals surface area contributed by atoms with Crippen LogP contribution in [0.2, 0.25) is 0 Å². The molecule has 0 aliphatic carbocycles. The molecule has 0 fully saturated rings. The number of aromatic amines is 1. The van der Waals surface area contributed by atoms with E-state index in [2.05, 4.69) is 25.4 Å². The van der Waals surface area contributed by atoms with Gasteiger partial charge in [0.05, 0.1) is 6.54 Å². The Kier molecular flexibility index (Phi) is 3.96. The van der Waals surface area contributed by atoms with E-state index in [0.29, 0.717) is 17.1 Å². The number of H-pyrrole nitrogens is 1. The number of nitrogens with zero attached hydrogens (tertiary/aromatic N) is 3. The molecule has 0 spiro atoms. The molecule has 2 N–H and O–H groups in total. The van der Waals surface area contributed by atoms with Crippen LogP contribution in [0.5, 0.6) is 0 Å². The van der Waals surface area contributed by atoms with E-state index in [9.17, 15) is 9.59 Å². The fourth-order valence-corrected chi connectivity index (χ4v) is 1.92.